The van der Waals surface area contributed by atoms with Gasteiger partial charge < -0.3 is 4.74 Å². The first-order chi connectivity index (χ1) is 7.84. The zero-order valence-electron chi connectivity index (χ0n) is 11.0. The summed E-state index contributed by atoms with van der Waals surface area (Å²) in [5.74, 6) is -0.253. The van der Waals surface area contributed by atoms with Gasteiger partial charge in [-0.3, -0.25) is 10.1 Å². The molecule has 4 nitrogen and oxygen atoms in total. The molecule has 0 spiro atoms. The van der Waals surface area contributed by atoms with Crippen LogP contribution in [0.4, 0.5) is 0 Å². The van der Waals surface area contributed by atoms with Crippen molar-refractivity contribution in [1.82, 2.24) is 10.3 Å². The molecule has 1 heterocycles. The van der Waals surface area contributed by atoms with Gasteiger partial charge in [-0.2, -0.15) is 0 Å². The second-order valence-electron chi connectivity index (χ2n) is 5.02. The number of aromatic nitrogens is 1. The van der Waals surface area contributed by atoms with Crippen molar-refractivity contribution in [3.8, 4) is 0 Å². The van der Waals surface area contributed by atoms with Crippen molar-refractivity contribution in [2.75, 3.05) is 7.11 Å². The van der Waals surface area contributed by atoms with Gasteiger partial charge in [0.2, 0.25) is 0 Å². The smallest absolute Gasteiger partial charge is 0.322 e. The molecule has 0 saturated heterocycles. The highest BCUT2D eigenvalue weighted by atomic mass is 32.1. The molecular weight excluding hydrogens is 236 g/mol. The van der Waals surface area contributed by atoms with E-state index in [1.165, 1.54) is 7.11 Å². The third-order valence-electron chi connectivity index (χ3n) is 2.34. The van der Waals surface area contributed by atoms with Gasteiger partial charge in [0.05, 0.1) is 17.8 Å². The van der Waals surface area contributed by atoms with Crippen LogP contribution in [0.5, 0.6) is 0 Å². The maximum atomic E-state index is 11.2. The van der Waals surface area contributed by atoms with Crippen LogP contribution in [0.3, 0.4) is 0 Å². The van der Waals surface area contributed by atoms with Crippen LogP contribution < -0.4 is 5.32 Å². The topological polar surface area (TPSA) is 51.2 Å². The minimum absolute atomic E-state index is 0.0802. The average molecular weight is 256 g/mol. The number of thiazole rings is 1. The minimum atomic E-state index is -0.306. The molecule has 0 amide bonds. The van der Waals surface area contributed by atoms with E-state index >= 15 is 0 Å². The Bertz CT molecular complexity index is 382. The van der Waals surface area contributed by atoms with E-state index in [1.54, 1.807) is 18.3 Å². The van der Waals surface area contributed by atoms with Gasteiger partial charge in [0.25, 0.3) is 0 Å². The highest BCUT2D eigenvalue weighted by Gasteiger charge is 2.18. The van der Waals surface area contributed by atoms with Crippen LogP contribution in [0.15, 0.2) is 5.38 Å². The predicted octanol–water partition coefficient (Wildman–Crippen LogP) is 2.09. The Morgan fingerprint density at radius 2 is 2.24 bits per heavy atom. The third-order valence-corrected chi connectivity index (χ3v) is 3.65. The molecule has 1 rings (SSSR count). The van der Waals surface area contributed by atoms with Gasteiger partial charge in [-0.25, -0.2) is 4.98 Å². The first kappa shape index (κ1) is 14.1. The lowest BCUT2D eigenvalue weighted by Crippen LogP contribution is -2.34. The fraction of sp³-hybridized carbons (Fsp3) is 0.667. The number of esters is 1. The van der Waals surface area contributed by atoms with Crippen molar-refractivity contribution >= 4 is 17.3 Å². The number of nitrogens with one attached hydrogen (secondary N) is 1. The van der Waals surface area contributed by atoms with Gasteiger partial charge in [-0.15, -0.1) is 11.3 Å². The van der Waals surface area contributed by atoms with E-state index in [1.807, 2.05) is 5.38 Å². The summed E-state index contributed by atoms with van der Waals surface area (Å²) in [6.07, 6.45) is 0. The lowest BCUT2D eigenvalue weighted by atomic mass is 9.98. The Morgan fingerprint density at radius 1 is 1.59 bits per heavy atom. The molecular formula is C12H20N2O2S. The summed E-state index contributed by atoms with van der Waals surface area (Å²) in [5.41, 5.74) is 1.05. The fourth-order valence-corrected chi connectivity index (χ4v) is 2.16. The lowest BCUT2D eigenvalue weighted by Gasteiger charge is -2.14. The van der Waals surface area contributed by atoms with E-state index < -0.39 is 0 Å². The molecule has 1 unspecified atom stereocenters. The monoisotopic (exact) mass is 256 g/mol. The first-order valence-corrected chi connectivity index (χ1v) is 6.48. The molecule has 5 heteroatoms. The Labute approximate surface area is 106 Å². The quantitative estimate of drug-likeness (QED) is 0.838. The molecule has 0 bridgehead atoms. The van der Waals surface area contributed by atoms with E-state index in [0.29, 0.717) is 6.54 Å². The maximum Gasteiger partial charge on any atom is 0.322 e. The number of carbonyl (C=O) groups is 1. The molecule has 0 saturated carbocycles. The molecule has 96 valence electrons. The van der Waals surface area contributed by atoms with Crippen LogP contribution in [0.2, 0.25) is 0 Å². The number of ether oxygens (including phenoxy) is 1. The second-order valence-corrected chi connectivity index (χ2v) is 5.88. The minimum Gasteiger partial charge on any atom is -0.468 e. The van der Waals surface area contributed by atoms with E-state index in [0.717, 1.165) is 10.7 Å². The van der Waals surface area contributed by atoms with Crippen molar-refractivity contribution in [3.63, 3.8) is 0 Å². The van der Waals surface area contributed by atoms with E-state index in [9.17, 15) is 4.79 Å². The second kappa shape index (κ2) is 5.60. The summed E-state index contributed by atoms with van der Waals surface area (Å²) in [4.78, 5) is 15.7. The van der Waals surface area contributed by atoms with Crippen molar-refractivity contribution in [2.45, 2.75) is 45.7 Å². The molecule has 1 atom stereocenters. The summed E-state index contributed by atoms with van der Waals surface area (Å²) >= 11 is 1.66. The van der Waals surface area contributed by atoms with Crippen molar-refractivity contribution in [2.24, 2.45) is 0 Å². The summed E-state index contributed by atoms with van der Waals surface area (Å²) in [6, 6.07) is -0.306. The fourth-order valence-electron chi connectivity index (χ4n) is 1.25. The zero-order chi connectivity index (χ0) is 13.1. The summed E-state index contributed by atoms with van der Waals surface area (Å²) in [5, 5.41) is 6.22. The zero-order valence-corrected chi connectivity index (χ0v) is 11.9. The molecule has 0 aromatic carbocycles. The first-order valence-electron chi connectivity index (χ1n) is 5.60. The van der Waals surface area contributed by atoms with Gasteiger partial charge >= 0.3 is 5.97 Å². The molecule has 0 aliphatic rings. The summed E-state index contributed by atoms with van der Waals surface area (Å²) in [6.45, 7) is 8.78. The highest BCUT2D eigenvalue weighted by molar-refractivity contribution is 7.09. The molecule has 0 aliphatic heterocycles. The van der Waals surface area contributed by atoms with Crippen LogP contribution in [-0.2, 0) is 21.5 Å². The number of hydrogen-bond donors (Lipinski definition) is 1. The van der Waals surface area contributed by atoms with E-state index in [4.69, 9.17) is 0 Å². The Balaban J connectivity index is 2.53. The molecule has 1 aromatic heterocycles. The van der Waals surface area contributed by atoms with Crippen molar-refractivity contribution < 1.29 is 9.53 Å². The van der Waals surface area contributed by atoms with E-state index in [2.05, 4.69) is 35.8 Å². The number of carbonyl (C=O) groups excluding carboxylic acids is 1. The van der Waals surface area contributed by atoms with E-state index in [-0.39, 0.29) is 17.4 Å². The SMILES string of the molecule is COC(=O)C(C)NCc1csc(C(C)(C)C)n1. The lowest BCUT2D eigenvalue weighted by molar-refractivity contribution is -0.142. The summed E-state index contributed by atoms with van der Waals surface area (Å²) in [7, 11) is 1.39. The number of methoxy groups -OCH3 is 1. The maximum absolute atomic E-state index is 11.2. The van der Waals surface area contributed by atoms with Gasteiger partial charge in [0.1, 0.15) is 6.04 Å². The van der Waals surface area contributed by atoms with Crippen LogP contribution >= 0.6 is 11.3 Å². The standard InChI is InChI=1S/C12H20N2O2S/c1-8(10(15)16-5)13-6-9-7-17-11(14-9)12(2,3)4/h7-8,13H,6H2,1-5H3. The number of rotatable bonds is 4. The molecule has 1 N–H and O–H groups in total. The van der Waals surface area contributed by atoms with Gasteiger partial charge in [-0.1, -0.05) is 20.8 Å². The molecule has 0 fully saturated rings. The highest BCUT2D eigenvalue weighted by Crippen LogP contribution is 2.25. The Kier molecular flexibility index (Phi) is 4.65. The largest absolute Gasteiger partial charge is 0.468 e. The molecule has 0 radical (unpaired) electrons. The van der Waals surface area contributed by atoms with Gasteiger partial charge in [-0.05, 0) is 6.92 Å². The van der Waals surface area contributed by atoms with Crippen LogP contribution in [0, 0.1) is 0 Å². The average Bonchev–Trinajstić information content (AvgIpc) is 2.72. The Morgan fingerprint density at radius 3 is 2.71 bits per heavy atom. The van der Waals surface area contributed by atoms with Crippen LogP contribution in [-0.4, -0.2) is 24.1 Å². The summed E-state index contributed by atoms with van der Waals surface area (Å²) < 4.78 is 4.64. The third kappa shape index (κ3) is 4.09. The van der Waals surface area contributed by atoms with Crippen LogP contribution in [0.1, 0.15) is 38.4 Å². The Hall–Kier alpha value is -0.940. The molecule has 1 aromatic rings. The van der Waals surface area contributed by atoms with Crippen molar-refractivity contribution in [3.05, 3.63) is 16.1 Å². The normalized spacial score (nSPS) is 13.5. The molecule has 0 aliphatic carbocycles. The molecule has 17 heavy (non-hydrogen) atoms. The predicted molar refractivity (Wildman–Crippen MR) is 69.1 cm³/mol. The number of hydrogen-bond acceptors (Lipinski definition) is 5. The number of nitrogens with zero attached hydrogens (tertiary/aromatic N) is 1. The van der Waals surface area contributed by atoms with Gasteiger partial charge in [0, 0.05) is 17.3 Å². The van der Waals surface area contributed by atoms with Crippen LogP contribution in [0.25, 0.3) is 0 Å². The van der Waals surface area contributed by atoms with Gasteiger partial charge in [0.15, 0.2) is 0 Å². The van der Waals surface area contributed by atoms with Crippen molar-refractivity contribution in [1.29, 1.82) is 0 Å².